The number of rotatable bonds is 5. The zero-order valence-corrected chi connectivity index (χ0v) is 17.3. The zero-order chi connectivity index (χ0) is 20.3. The van der Waals surface area contributed by atoms with Crippen LogP contribution in [0.25, 0.3) is 0 Å². The maximum Gasteiger partial charge on any atom is 0.253 e. The lowest BCUT2D eigenvalue weighted by molar-refractivity contribution is -0.117. The number of carbonyl (C=O) groups is 2. The largest absolute Gasteiger partial charge is 0.371 e. The molecular weight excluding hydrogens is 397 g/mol. The smallest absolute Gasteiger partial charge is 0.253 e. The minimum Gasteiger partial charge on any atom is -0.371 e. The third-order valence-electron chi connectivity index (χ3n) is 4.86. The monoisotopic (exact) mass is 419 g/mol. The third kappa shape index (κ3) is 4.78. The van der Waals surface area contributed by atoms with Crippen LogP contribution in [0.1, 0.15) is 30.6 Å². The number of hydrogen-bond acceptors (Lipinski definition) is 3. The number of hydrogen-bond donors (Lipinski definition) is 2. The van der Waals surface area contributed by atoms with Gasteiger partial charge in [-0.25, -0.2) is 0 Å². The highest BCUT2D eigenvalue weighted by Gasteiger charge is 2.20. The van der Waals surface area contributed by atoms with E-state index < -0.39 is 11.9 Å². The molecule has 3 rings (SSSR count). The third-order valence-corrected chi connectivity index (χ3v) is 5.68. The van der Waals surface area contributed by atoms with Crippen molar-refractivity contribution in [3.05, 3.63) is 58.1 Å². The molecule has 5 nitrogen and oxygen atoms in total. The van der Waals surface area contributed by atoms with Gasteiger partial charge >= 0.3 is 0 Å². The molecule has 2 amide bonds. The summed E-state index contributed by atoms with van der Waals surface area (Å²) in [5, 5.41) is 5.92. The van der Waals surface area contributed by atoms with Gasteiger partial charge in [-0.1, -0.05) is 36.2 Å². The maximum absolute atomic E-state index is 12.4. The number of nitrogens with zero attached hydrogens (tertiary/aromatic N) is 1. The van der Waals surface area contributed by atoms with Gasteiger partial charge in [0, 0.05) is 24.5 Å². The van der Waals surface area contributed by atoms with Crippen LogP contribution in [0.15, 0.2) is 42.5 Å². The van der Waals surface area contributed by atoms with Crippen molar-refractivity contribution >= 4 is 46.4 Å². The summed E-state index contributed by atoms with van der Waals surface area (Å²) in [5.74, 6) is -0.0560. The summed E-state index contributed by atoms with van der Waals surface area (Å²) in [6, 6.07) is 11.8. The van der Waals surface area contributed by atoms with Gasteiger partial charge in [0.1, 0.15) is 6.04 Å². The summed E-state index contributed by atoms with van der Waals surface area (Å²) in [6.45, 7) is 5.98. The zero-order valence-electron chi connectivity index (χ0n) is 15.8. The Morgan fingerprint density at radius 2 is 1.86 bits per heavy atom. The van der Waals surface area contributed by atoms with E-state index in [4.69, 9.17) is 23.2 Å². The number of halogens is 2. The Morgan fingerprint density at radius 1 is 1.14 bits per heavy atom. The van der Waals surface area contributed by atoms with E-state index in [1.54, 1.807) is 25.1 Å². The Balaban J connectivity index is 1.58. The summed E-state index contributed by atoms with van der Waals surface area (Å²) in [6.07, 6.45) is 1.20. The maximum atomic E-state index is 12.4. The summed E-state index contributed by atoms with van der Waals surface area (Å²) >= 11 is 12.0. The second-order valence-corrected chi connectivity index (χ2v) is 7.96. The predicted molar refractivity (Wildman–Crippen MR) is 114 cm³/mol. The minimum atomic E-state index is -0.735. The van der Waals surface area contributed by atoms with E-state index in [0.717, 1.165) is 18.8 Å². The van der Waals surface area contributed by atoms with Crippen molar-refractivity contribution < 1.29 is 9.59 Å². The van der Waals surface area contributed by atoms with Gasteiger partial charge in [-0.15, -0.1) is 0 Å². The van der Waals surface area contributed by atoms with Crippen LogP contribution < -0.4 is 15.5 Å². The molecule has 0 bridgehead atoms. The molecular formula is C21H23Cl2N3O2. The lowest BCUT2D eigenvalue weighted by atomic mass is 10.2. The Kier molecular flexibility index (Phi) is 6.47. The van der Waals surface area contributed by atoms with Crippen molar-refractivity contribution in [3.8, 4) is 0 Å². The Morgan fingerprint density at radius 3 is 2.50 bits per heavy atom. The second kappa shape index (κ2) is 8.84. The van der Waals surface area contributed by atoms with Crippen LogP contribution in [0, 0.1) is 5.92 Å². The number of nitrogens with one attached hydrogen (secondary N) is 2. The van der Waals surface area contributed by atoms with Gasteiger partial charge in [0.2, 0.25) is 5.91 Å². The SMILES string of the molecule is CC1CCN(c2ccc(NC(=O)C(C)NC(=O)c3cccc(Cl)c3Cl)cc2)C1. The molecule has 7 heteroatoms. The summed E-state index contributed by atoms with van der Waals surface area (Å²) < 4.78 is 0. The van der Waals surface area contributed by atoms with Crippen molar-refractivity contribution in [1.82, 2.24) is 5.32 Å². The van der Waals surface area contributed by atoms with Gasteiger partial charge in [-0.3, -0.25) is 9.59 Å². The molecule has 1 saturated heterocycles. The number of carbonyl (C=O) groups excluding carboxylic acids is 2. The molecule has 28 heavy (non-hydrogen) atoms. The highest BCUT2D eigenvalue weighted by Crippen LogP contribution is 2.26. The molecule has 0 aliphatic carbocycles. The van der Waals surface area contributed by atoms with Crippen LogP contribution in [0.4, 0.5) is 11.4 Å². The van der Waals surface area contributed by atoms with Crippen LogP contribution in [-0.2, 0) is 4.79 Å². The minimum absolute atomic E-state index is 0.168. The molecule has 1 aliphatic rings. The predicted octanol–water partition coefficient (Wildman–Crippen LogP) is 4.60. The average Bonchev–Trinajstić information content (AvgIpc) is 3.10. The molecule has 2 N–H and O–H groups in total. The Bertz CT molecular complexity index is 870. The quantitative estimate of drug-likeness (QED) is 0.744. The normalized spacial score (nSPS) is 17.3. The molecule has 1 aliphatic heterocycles. The highest BCUT2D eigenvalue weighted by molar-refractivity contribution is 6.43. The molecule has 2 atom stereocenters. The summed E-state index contributed by atoms with van der Waals surface area (Å²) in [7, 11) is 0. The number of benzene rings is 2. The summed E-state index contributed by atoms with van der Waals surface area (Å²) in [5.41, 5.74) is 2.07. The van der Waals surface area contributed by atoms with Crippen LogP contribution >= 0.6 is 23.2 Å². The first-order valence-electron chi connectivity index (χ1n) is 9.26. The molecule has 0 saturated carbocycles. The lowest BCUT2D eigenvalue weighted by Crippen LogP contribution is -2.41. The van der Waals surface area contributed by atoms with Crippen LogP contribution in [0.3, 0.4) is 0 Å². The van der Waals surface area contributed by atoms with Crippen molar-refractivity contribution in [2.24, 2.45) is 5.92 Å². The van der Waals surface area contributed by atoms with Gasteiger partial charge in [-0.2, -0.15) is 0 Å². The standard InChI is InChI=1S/C21H23Cl2N3O2/c1-13-10-11-26(12-13)16-8-6-15(7-9-16)25-20(27)14(2)24-21(28)17-4-3-5-18(22)19(17)23/h3-9,13-14H,10-12H2,1-2H3,(H,24,28)(H,25,27). The molecule has 1 heterocycles. The highest BCUT2D eigenvalue weighted by atomic mass is 35.5. The fourth-order valence-corrected chi connectivity index (χ4v) is 3.58. The van der Waals surface area contributed by atoms with Crippen molar-refractivity contribution in [1.29, 1.82) is 0 Å². The van der Waals surface area contributed by atoms with Crippen LogP contribution in [0.5, 0.6) is 0 Å². The van der Waals surface area contributed by atoms with E-state index in [9.17, 15) is 9.59 Å². The molecule has 0 aromatic heterocycles. The molecule has 2 aromatic rings. The van der Waals surface area contributed by atoms with E-state index in [-0.39, 0.29) is 16.5 Å². The van der Waals surface area contributed by atoms with Crippen molar-refractivity contribution in [2.45, 2.75) is 26.3 Å². The average molecular weight is 420 g/mol. The fourth-order valence-electron chi connectivity index (χ4n) is 3.19. The Hall–Kier alpha value is -2.24. The number of amides is 2. The molecule has 0 radical (unpaired) electrons. The molecule has 148 valence electrons. The fraction of sp³-hybridized carbons (Fsp3) is 0.333. The van der Waals surface area contributed by atoms with E-state index in [2.05, 4.69) is 22.5 Å². The first-order valence-corrected chi connectivity index (χ1v) is 10.0. The molecule has 1 fully saturated rings. The summed E-state index contributed by atoms with van der Waals surface area (Å²) in [4.78, 5) is 27.1. The number of anilines is 2. The van der Waals surface area contributed by atoms with Gasteiger partial charge in [-0.05, 0) is 55.7 Å². The molecule has 0 spiro atoms. The van der Waals surface area contributed by atoms with E-state index in [1.165, 1.54) is 6.42 Å². The van der Waals surface area contributed by atoms with E-state index in [0.29, 0.717) is 16.6 Å². The van der Waals surface area contributed by atoms with Gasteiger partial charge in [0.05, 0.1) is 15.6 Å². The topological polar surface area (TPSA) is 61.4 Å². The Labute approximate surface area is 175 Å². The molecule has 2 aromatic carbocycles. The van der Waals surface area contributed by atoms with Crippen molar-refractivity contribution in [2.75, 3.05) is 23.3 Å². The van der Waals surface area contributed by atoms with Gasteiger partial charge < -0.3 is 15.5 Å². The van der Waals surface area contributed by atoms with Gasteiger partial charge in [0.25, 0.3) is 5.91 Å². The molecule has 2 unspecified atom stereocenters. The first-order chi connectivity index (χ1) is 13.3. The van der Waals surface area contributed by atoms with Crippen molar-refractivity contribution in [3.63, 3.8) is 0 Å². The first kappa shape index (κ1) is 20.5. The second-order valence-electron chi connectivity index (χ2n) is 7.17. The van der Waals surface area contributed by atoms with Crippen LogP contribution in [0.2, 0.25) is 10.0 Å². The van der Waals surface area contributed by atoms with E-state index >= 15 is 0 Å². The van der Waals surface area contributed by atoms with Gasteiger partial charge in [0.15, 0.2) is 0 Å². The van der Waals surface area contributed by atoms with Crippen LogP contribution in [-0.4, -0.2) is 30.9 Å². The van der Waals surface area contributed by atoms with E-state index in [1.807, 2.05) is 24.3 Å². The lowest BCUT2D eigenvalue weighted by Gasteiger charge is -2.19.